The van der Waals surface area contributed by atoms with Crippen molar-refractivity contribution in [2.45, 2.75) is 96.4 Å². The molecule has 15 nitrogen and oxygen atoms in total. The second-order valence-electron chi connectivity index (χ2n) is 17.4. The summed E-state index contributed by atoms with van der Waals surface area (Å²) < 4.78 is 31.4. The summed E-state index contributed by atoms with van der Waals surface area (Å²) in [6.45, 7) is 9.21. The van der Waals surface area contributed by atoms with Crippen molar-refractivity contribution in [3.8, 4) is 22.4 Å². The van der Waals surface area contributed by atoms with Gasteiger partial charge in [-0.2, -0.15) is 0 Å². The molecule has 3 aliphatic rings. The van der Waals surface area contributed by atoms with Crippen LogP contribution in [0.5, 0.6) is 0 Å². The Balaban J connectivity index is 1.02. The Kier molecular flexibility index (Phi) is 12.7. The second-order valence-corrected chi connectivity index (χ2v) is 17.4. The topological polar surface area (TPSA) is 184 Å². The molecule has 4 N–H and O–H groups in total. The quantitative estimate of drug-likeness (QED) is 0.0918. The maximum absolute atomic E-state index is 16.1. The third kappa shape index (κ3) is 8.56. The Labute approximate surface area is 365 Å². The fourth-order valence-corrected chi connectivity index (χ4v) is 9.93. The maximum atomic E-state index is 16.1. The van der Waals surface area contributed by atoms with E-state index >= 15 is 4.39 Å². The molecule has 5 aromatic rings. The molecule has 63 heavy (non-hydrogen) atoms. The van der Waals surface area contributed by atoms with Crippen molar-refractivity contribution in [1.82, 2.24) is 40.4 Å². The van der Waals surface area contributed by atoms with Gasteiger partial charge in [0.05, 0.1) is 49.2 Å². The lowest BCUT2D eigenvalue weighted by atomic mass is 9.89. The molecule has 0 radical (unpaired) electrons. The van der Waals surface area contributed by atoms with Gasteiger partial charge in [0.1, 0.15) is 29.5 Å². The number of nitrogens with one attached hydrogen (secondary N) is 4. The fraction of sp³-hybridized carbons (Fsp3) is 0.489. The molecule has 8 rings (SSSR count). The van der Waals surface area contributed by atoms with Crippen molar-refractivity contribution in [2.24, 2.45) is 17.8 Å². The number of carbonyl (C=O) groups excluding carboxylic acids is 4. The zero-order valence-corrected chi connectivity index (χ0v) is 36.7. The van der Waals surface area contributed by atoms with Crippen LogP contribution in [-0.2, 0) is 23.8 Å². The Hall–Kier alpha value is -6.03. The molecule has 1 saturated carbocycles. The van der Waals surface area contributed by atoms with E-state index in [9.17, 15) is 19.2 Å². The largest absolute Gasteiger partial charge is 0.453 e. The first-order chi connectivity index (χ1) is 30.4. The zero-order valence-electron chi connectivity index (χ0n) is 36.7. The van der Waals surface area contributed by atoms with E-state index < -0.39 is 36.1 Å². The van der Waals surface area contributed by atoms with E-state index in [0.717, 1.165) is 46.6 Å². The minimum Gasteiger partial charge on any atom is -0.453 e. The predicted octanol–water partition coefficient (Wildman–Crippen LogP) is 7.80. The number of carbonyl (C=O) groups is 4. The summed E-state index contributed by atoms with van der Waals surface area (Å²) in [5, 5.41) is 7.35. The van der Waals surface area contributed by atoms with Crippen molar-refractivity contribution in [2.75, 3.05) is 34.0 Å². The van der Waals surface area contributed by atoms with Gasteiger partial charge in [0.15, 0.2) is 0 Å². The lowest BCUT2D eigenvalue weighted by molar-refractivity contribution is -0.140. The number of ether oxygens (including phenoxy) is 3. The predicted molar refractivity (Wildman–Crippen MR) is 235 cm³/mol. The van der Waals surface area contributed by atoms with Gasteiger partial charge in [-0.15, -0.1) is 0 Å². The smallest absolute Gasteiger partial charge is 0.407 e. The zero-order chi connectivity index (χ0) is 44.5. The Bertz CT molecular complexity index is 2500. The molecule has 0 unspecified atom stereocenters. The number of imidazole rings is 2. The van der Waals surface area contributed by atoms with Crippen molar-refractivity contribution in [1.29, 1.82) is 0 Å². The Morgan fingerprint density at radius 2 is 1.67 bits per heavy atom. The number of fused-ring (bicyclic) bond motifs is 5. The van der Waals surface area contributed by atoms with Gasteiger partial charge in [0.25, 0.3) is 0 Å². The molecule has 2 aliphatic heterocycles. The monoisotopic (exact) mass is 864 g/mol. The first-order valence-electron chi connectivity index (χ1n) is 22.1. The summed E-state index contributed by atoms with van der Waals surface area (Å²) in [5.41, 5.74) is 3.98. The van der Waals surface area contributed by atoms with Crippen LogP contribution in [0.2, 0.25) is 0 Å². The molecule has 2 saturated heterocycles. The molecular weight excluding hydrogens is 808 g/mol. The number of rotatable bonds is 13. The van der Waals surface area contributed by atoms with Crippen LogP contribution in [0, 0.1) is 23.6 Å². The normalized spacial score (nSPS) is 20.2. The number of likely N-dealkylation sites (tertiary alicyclic amines) is 1. The van der Waals surface area contributed by atoms with Crippen molar-refractivity contribution in [3.05, 3.63) is 72.2 Å². The Morgan fingerprint density at radius 1 is 0.937 bits per heavy atom. The molecule has 3 aromatic carbocycles. The third-order valence-electron chi connectivity index (χ3n) is 13.3. The molecule has 2 bridgehead atoms. The number of methoxy groups -OCH3 is 2. The lowest BCUT2D eigenvalue weighted by Crippen LogP contribution is -2.55. The summed E-state index contributed by atoms with van der Waals surface area (Å²) in [5.74, 6) is 0.408. The number of benzene rings is 3. The second kappa shape index (κ2) is 18.4. The van der Waals surface area contributed by atoms with Gasteiger partial charge in [-0.25, -0.2) is 23.9 Å². The van der Waals surface area contributed by atoms with Crippen molar-refractivity contribution < 1.29 is 37.8 Å². The standard InChI is InChI=1S/C47H57FN8O7/c1-7-18-55(44(57)38(25(2)3)53-46(59)61-5)26(4)42-50-36-15-11-30-21-28(9-13-33(30)40(36)52-42)29-10-14-34(35(48)23-29)37-24-49-43(51-37)41-31-8-12-32(22-31)56(41)45(58)39(54-47(60)62-6)27-16-19-63-20-17-27/h9-11,13-15,21,23-27,31-32,38-39,41H,7-8,12,16-20,22H2,1-6H3,(H,49,51)(H,50,52)(H,53,59)(H,54,60)/t26-,31-,32+,38-,39-,41-/m0/s1. The van der Waals surface area contributed by atoms with Gasteiger partial charge in [-0.3, -0.25) is 9.59 Å². The molecule has 4 heterocycles. The molecule has 334 valence electrons. The number of hydrogen-bond acceptors (Lipinski definition) is 9. The number of piperidine rings is 1. The number of hydrogen-bond donors (Lipinski definition) is 4. The van der Waals surface area contributed by atoms with E-state index in [1.54, 1.807) is 17.2 Å². The van der Waals surface area contributed by atoms with Gasteiger partial charge < -0.3 is 44.6 Å². The highest BCUT2D eigenvalue weighted by atomic mass is 19.1. The first-order valence-corrected chi connectivity index (χ1v) is 22.1. The fourth-order valence-electron chi connectivity index (χ4n) is 9.93. The van der Waals surface area contributed by atoms with E-state index in [0.29, 0.717) is 67.5 Å². The van der Waals surface area contributed by atoms with E-state index in [-0.39, 0.29) is 41.7 Å². The average Bonchev–Trinajstić information content (AvgIpc) is 4.13. The molecular formula is C47H57FN8O7. The summed E-state index contributed by atoms with van der Waals surface area (Å²) in [6.07, 6.45) is 5.04. The third-order valence-corrected chi connectivity index (χ3v) is 13.3. The van der Waals surface area contributed by atoms with E-state index in [1.165, 1.54) is 20.3 Å². The number of nitrogens with zero attached hydrogens (tertiary/aromatic N) is 4. The minimum atomic E-state index is -0.763. The van der Waals surface area contributed by atoms with Gasteiger partial charge in [-0.1, -0.05) is 45.0 Å². The van der Waals surface area contributed by atoms with Crippen molar-refractivity contribution >= 4 is 45.8 Å². The molecule has 0 spiro atoms. The van der Waals surface area contributed by atoms with Crippen LogP contribution in [0.3, 0.4) is 0 Å². The van der Waals surface area contributed by atoms with Gasteiger partial charge in [0, 0.05) is 36.8 Å². The Morgan fingerprint density at radius 3 is 2.38 bits per heavy atom. The van der Waals surface area contributed by atoms with Crippen LogP contribution in [0.25, 0.3) is 44.2 Å². The molecule has 3 fully saturated rings. The number of amides is 4. The van der Waals surface area contributed by atoms with E-state index in [2.05, 4.69) is 20.6 Å². The van der Waals surface area contributed by atoms with Crippen LogP contribution in [-0.4, -0.2) is 106 Å². The van der Waals surface area contributed by atoms with Crippen LogP contribution >= 0.6 is 0 Å². The SMILES string of the molecule is CCCN(C(=O)[C@@H](NC(=O)OC)C(C)C)[C@@H](C)c1nc2c(ccc3cc(-c4ccc(-c5cnc([C@@H]6[C@H]7CC[C@H](C7)N6C(=O)[C@@H](NC(=O)OC)C6CCOCC6)[nH]5)c(F)c4)ccc32)[nH]1. The number of H-pyrrole nitrogens is 2. The number of aromatic nitrogens is 4. The first kappa shape index (κ1) is 43.6. The van der Waals surface area contributed by atoms with Gasteiger partial charge in [0.2, 0.25) is 11.8 Å². The summed E-state index contributed by atoms with van der Waals surface area (Å²) in [6, 6.07) is 12.8. The van der Waals surface area contributed by atoms with Crippen LogP contribution < -0.4 is 10.6 Å². The van der Waals surface area contributed by atoms with Crippen LogP contribution in [0.4, 0.5) is 14.0 Å². The maximum Gasteiger partial charge on any atom is 0.407 e. The summed E-state index contributed by atoms with van der Waals surface area (Å²) in [4.78, 5) is 72.9. The molecule has 1 aliphatic carbocycles. The minimum absolute atomic E-state index is 0.0308. The summed E-state index contributed by atoms with van der Waals surface area (Å²) >= 11 is 0. The average molecular weight is 865 g/mol. The number of alkyl carbamates (subject to hydrolysis) is 2. The molecule has 2 aromatic heterocycles. The lowest BCUT2D eigenvalue weighted by Gasteiger charge is -2.39. The molecule has 16 heteroatoms. The van der Waals surface area contributed by atoms with Gasteiger partial charge >= 0.3 is 12.2 Å². The number of aromatic amines is 2. The number of halogens is 1. The van der Waals surface area contributed by atoms with Crippen LogP contribution in [0.15, 0.2) is 54.7 Å². The van der Waals surface area contributed by atoms with E-state index in [1.807, 2.05) is 69.0 Å². The van der Waals surface area contributed by atoms with Crippen LogP contribution in [0.1, 0.15) is 90.0 Å². The highest BCUT2D eigenvalue weighted by Gasteiger charge is 2.52. The molecule has 4 amide bonds. The molecule has 6 atom stereocenters. The van der Waals surface area contributed by atoms with Crippen molar-refractivity contribution in [3.63, 3.8) is 0 Å². The summed E-state index contributed by atoms with van der Waals surface area (Å²) in [7, 11) is 2.57. The highest BCUT2D eigenvalue weighted by molar-refractivity contribution is 6.05. The van der Waals surface area contributed by atoms with E-state index in [4.69, 9.17) is 24.2 Å². The highest BCUT2D eigenvalue weighted by Crippen LogP contribution is 2.50. The van der Waals surface area contributed by atoms with Gasteiger partial charge in [-0.05, 0) is 104 Å².